The second-order valence-electron chi connectivity index (χ2n) is 7.38. The summed E-state index contributed by atoms with van der Waals surface area (Å²) < 4.78 is 12.0. The van der Waals surface area contributed by atoms with Gasteiger partial charge in [-0.3, -0.25) is 0 Å². The summed E-state index contributed by atoms with van der Waals surface area (Å²) >= 11 is 0. The van der Waals surface area contributed by atoms with Crippen LogP contribution in [0, 0.1) is 0 Å². The fourth-order valence-corrected chi connectivity index (χ4v) is 10.3. The molecule has 1 atom stereocenters. The number of hydrogen-bond donors (Lipinski definition) is 0. The Morgan fingerprint density at radius 1 is 0.852 bits per heavy atom. The highest BCUT2D eigenvalue weighted by Gasteiger charge is 2.40. The first-order valence-electron chi connectivity index (χ1n) is 10.3. The average molecular weight is 397 g/mol. The number of rotatable bonds is 4. The lowest BCUT2D eigenvalue weighted by Crippen LogP contribution is -2.62. The Morgan fingerprint density at radius 2 is 1.48 bits per heavy atom. The van der Waals surface area contributed by atoms with Crippen molar-refractivity contribution in [2.24, 2.45) is 0 Å². The lowest BCUT2D eigenvalue weighted by Gasteiger charge is -2.35. The van der Waals surface area contributed by atoms with Crippen molar-refractivity contribution in [2.75, 3.05) is 13.2 Å². The lowest BCUT2D eigenvalue weighted by molar-refractivity contribution is 0.284. The molecule has 2 heterocycles. The number of allylic oxidation sites excluding steroid dienone is 1. The molecule has 0 radical (unpaired) electrons. The fraction of sp³-hybridized carbons (Fsp3) is 0.391. The van der Waals surface area contributed by atoms with Crippen molar-refractivity contribution in [3.05, 3.63) is 73.3 Å². The molecule has 4 heteroatoms. The molecular formula is C23H32O2Si2. The molecule has 2 aromatic carbocycles. The monoisotopic (exact) mass is 396 g/mol. The second kappa shape index (κ2) is 10.8. The third kappa shape index (κ3) is 5.51. The maximum atomic E-state index is 6.38. The van der Waals surface area contributed by atoms with Gasteiger partial charge in [-0.2, -0.15) is 0 Å². The summed E-state index contributed by atoms with van der Waals surface area (Å²) in [6.07, 6.45) is 7.16. The predicted octanol–water partition coefficient (Wildman–Crippen LogP) is 4.26. The van der Waals surface area contributed by atoms with Crippen molar-refractivity contribution in [1.29, 1.82) is 0 Å². The molecule has 2 aliphatic rings. The van der Waals surface area contributed by atoms with Crippen LogP contribution >= 0.6 is 0 Å². The molecule has 2 saturated heterocycles. The zero-order valence-corrected chi connectivity index (χ0v) is 18.5. The van der Waals surface area contributed by atoms with E-state index in [1.54, 1.807) is 0 Å². The average Bonchev–Trinajstić information content (AvgIpc) is 2.77. The SMILES string of the molecule is C=CC[SiH]1CCCCO1.c1ccc([Si]2(c3ccccc3)CCCCO2)cc1. The van der Waals surface area contributed by atoms with E-state index in [4.69, 9.17) is 8.85 Å². The summed E-state index contributed by atoms with van der Waals surface area (Å²) in [5.41, 5.74) is 0. The summed E-state index contributed by atoms with van der Waals surface area (Å²) in [4.78, 5) is 0. The Bertz CT molecular complexity index is 622. The molecule has 0 bridgehead atoms. The van der Waals surface area contributed by atoms with E-state index < -0.39 is 17.4 Å². The van der Waals surface area contributed by atoms with E-state index in [-0.39, 0.29) is 0 Å². The van der Waals surface area contributed by atoms with Gasteiger partial charge in [-0.1, -0.05) is 79.6 Å². The van der Waals surface area contributed by atoms with Gasteiger partial charge in [0.15, 0.2) is 9.04 Å². The van der Waals surface area contributed by atoms with Crippen LogP contribution in [0.15, 0.2) is 73.3 Å². The van der Waals surface area contributed by atoms with Crippen LogP contribution in [0.1, 0.15) is 25.7 Å². The quantitative estimate of drug-likeness (QED) is 0.568. The van der Waals surface area contributed by atoms with E-state index in [9.17, 15) is 0 Å². The molecule has 0 spiro atoms. The molecule has 0 saturated carbocycles. The number of benzene rings is 2. The Labute approximate surface area is 167 Å². The second-order valence-corrected chi connectivity index (χ2v) is 13.6. The summed E-state index contributed by atoms with van der Waals surface area (Å²) in [5, 5.41) is 2.83. The molecular weight excluding hydrogens is 364 g/mol. The minimum atomic E-state index is -1.93. The van der Waals surface area contributed by atoms with E-state index in [0.717, 1.165) is 13.2 Å². The van der Waals surface area contributed by atoms with Gasteiger partial charge in [-0.05, 0) is 41.3 Å². The predicted molar refractivity (Wildman–Crippen MR) is 120 cm³/mol. The molecule has 27 heavy (non-hydrogen) atoms. The molecule has 4 rings (SSSR count). The van der Waals surface area contributed by atoms with Crippen LogP contribution in [0.3, 0.4) is 0 Å². The molecule has 2 fully saturated rings. The van der Waals surface area contributed by atoms with Crippen LogP contribution in [0.25, 0.3) is 0 Å². The van der Waals surface area contributed by atoms with Crippen molar-refractivity contribution in [2.45, 2.75) is 43.8 Å². The van der Waals surface area contributed by atoms with Gasteiger partial charge < -0.3 is 8.85 Å². The number of hydrogen-bond acceptors (Lipinski definition) is 2. The van der Waals surface area contributed by atoms with Crippen LogP contribution in [-0.2, 0) is 8.85 Å². The van der Waals surface area contributed by atoms with Gasteiger partial charge in [0.1, 0.15) is 0 Å². The normalized spacial score (nSPS) is 21.6. The summed E-state index contributed by atoms with van der Waals surface area (Å²) in [6.45, 7) is 5.64. The Morgan fingerprint density at radius 3 is 1.96 bits per heavy atom. The third-order valence-corrected chi connectivity index (χ3v) is 12.4. The molecule has 2 nitrogen and oxygen atoms in total. The molecule has 2 aliphatic heterocycles. The van der Waals surface area contributed by atoms with Gasteiger partial charge in [0.2, 0.25) is 0 Å². The molecule has 1 unspecified atom stereocenters. The maximum absolute atomic E-state index is 6.38. The first-order valence-corrected chi connectivity index (χ1v) is 14.5. The van der Waals surface area contributed by atoms with Crippen LogP contribution < -0.4 is 10.4 Å². The van der Waals surface area contributed by atoms with Gasteiger partial charge >= 0.3 is 0 Å². The van der Waals surface area contributed by atoms with E-state index in [1.165, 1.54) is 54.2 Å². The zero-order valence-electron chi connectivity index (χ0n) is 16.3. The van der Waals surface area contributed by atoms with Crippen LogP contribution in [0.2, 0.25) is 18.1 Å². The highest BCUT2D eigenvalue weighted by Crippen LogP contribution is 2.21. The lowest BCUT2D eigenvalue weighted by atomic mass is 10.3. The van der Waals surface area contributed by atoms with Gasteiger partial charge in [-0.15, -0.1) is 6.58 Å². The van der Waals surface area contributed by atoms with Crippen molar-refractivity contribution in [3.8, 4) is 0 Å². The Balaban J connectivity index is 0.000000197. The standard InChI is InChI=1S/C16H18OSi.C7H14OSi/c1-3-9-15(10-4-1)18(14-8-7-13-17-18)16-11-5-2-6-12-16;1-2-6-9-7-4-3-5-8-9/h1-6,9-12H,7-8,13-14H2;2,9H,1,3-7H2. The maximum Gasteiger partial charge on any atom is 0.255 e. The highest BCUT2D eigenvalue weighted by molar-refractivity contribution is 6.97. The van der Waals surface area contributed by atoms with Crippen LogP contribution in [0.5, 0.6) is 0 Å². The van der Waals surface area contributed by atoms with Gasteiger partial charge in [0.25, 0.3) is 8.32 Å². The van der Waals surface area contributed by atoms with Gasteiger partial charge in [0, 0.05) is 13.2 Å². The topological polar surface area (TPSA) is 18.5 Å². The molecule has 0 amide bonds. The van der Waals surface area contributed by atoms with Crippen LogP contribution in [0.4, 0.5) is 0 Å². The summed E-state index contributed by atoms with van der Waals surface area (Å²) in [7, 11) is -2.68. The van der Waals surface area contributed by atoms with E-state index in [2.05, 4.69) is 67.2 Å². The van der Waals surface area contributed by atoms with E-state index >= 15 is 0 Å². The van der Waals surface area contributed by atoms with Crippen molar-refractivity contribution in [1.82, 2.24) is 0 Å². The minimum Gasteiger partial charge on any atom is -0.420 e. The smallest absolute Gasteiger partial charge is 0.255 e. The van der Waals surface area contributed by atoms with Gasteiger partial charge in [-0.25, -0.2) is 0 Å². The van der Waals surface area contributed by atoms with Crippen molar-refractivity contribution < 1.29 is 8.85 Å². The van der Waals surface area contributed by atoms with Crippen molar-refractivity contribution in [3.63, 3.8) is 0 Å². The molecule has 2 aromatic rings. The van der Waals surface area contributed by atoms with Gasteiger partial charge in [0.05, 0.1) is 0 Å². The van der Waals surface area contributed by atoms with E-state index in [1.807, 2.05) is 6.08 Å². The first-order chi connectivity index (χ1) is 13.3. The zero-order chi connectivity index (χ0) is 18.8. The summed E-state index contributed by atoms with van der Waals surface area (Å²) in [5.74, 6) is 0. The third-order valence-electron chi connectivity index (χ3n) is 5.46. The van der Waals surface area contributed by atoms with E-state index in [0.29, 0.717) is 0 Å². The molecule has 144 valence electrons. The minimum absolute atomic E-state index is 0.744. The van der Waals surface area contributed by atoms with Crippen LogP contribution in [-0.4, -0.2) is 30.6 Å². The summed E-state index contributed by atoms with van der Waals surface area (Å²) in [6, 6.07) is 25.4. The Hall–Kier alpha value is -1.47. The highest BCUT2D eigenvalue weighted by atomic mass is 28.4. The largest absolute Gasteiger partial charge is 0.420 e. The molecule has 0 aliphatic carbocycles. The molecule has 0 N–H and O–H groups in total. The first kappa shape index (κ1) is 20.3. The Kier molecular flexibility index (Phi) is 8.08. The fourth-order valence-electron chi connectivity index (χ4n) is 4.01. The molecule has 0 aromatic heterocycles. The van der Waals surface area contributed by atoms with Crippen molar-refractivity contribution >= 4 is 27.7 Å².